The van der Waals surface area contributed by atoms with Gasteiger partial charge in [-0.15, -0.1) is 0 Å². The fraction of sp³-hybridized carbons (Fsp3) is 0.850. The SMILES string of the molecule is CC1CCC(C2CCC(=C3CCC(=C4CCC(=C5CCCC6(CCCCCCC6)CCC5)CC4)CC3)CC2)CC1. The van der Waals surface area contributed by atoms with Crippen LogP contribution in [0.5, 0.6) is 0 Å². The minimum absolute atomic E-state index is 0.740. The van der Waals surface area contributed by atoms with Crippen molar-refractivity contribution in [1.29, 1.82) is 0 Å². The Morgan fingerprint density at radius 1 is 0.350 bits per heavy atom. The Balaban J connectivity index is 0.965. The molecule has 0 radical (unpaired) electrons. The molecule has 0 amide bonds. The van der Waals surface area contributed by atoms with E-state index < -0.39 is 0 Å². The van der Waals surface area contributed by atoms with Gasteiger partial charge in [-0.25, -0.2) is 0 Å². The van der Waals surface area contributed by atoms with E-state index >= 15 is 0 Å². The first kappa shape index (κ1) is 29.3. The highest BCUT2D eigenvalue weighted by Gasteiger charge is 2.32. The summed E-state index contributed by atoms with van der Waals surface area (Å²) in [5, 5.41) is 0. The molecule has 0 heterocycles. The van der Waals surface area contributed by atoms with Crippen molar-refractivity contribution >= 4 is 0 Å². The molecule has 6 saturated carbocycles. The summed E-state index contributed by atoms with van der Waals surface area (Å²) in [5.41, 5.74) is 12.2. The zero-order valence-electron chi connectivity index (χ0n) is 26.7. The molecular weight excluding hydrogens is 480 g/mol. The van der Waals surface area contributed by atoms with Gasteiger partial charge in [0.05, 0.1) is 0 Å². The van der Waals surface area contributed by atoms with Crippen LogP contribution in [-0.2, 0) is 0 Å². The van der Waals surface area contributed by atoms with Gasteiger partial charge in [0.1, 0.15) is 0 Å². The van der Waals surface area contributed by atoms with Gasteiger partial charge in [0.2, 0.25) is 0 Å². The first-order valence-electron chi connectivity index (χ1n) is 18.8. The average Bonchev–Trinajstić information content (AvgIpc) is 2.97. The Hall–Kier alpha value is -0.780. The Labute approximate surface area is 249 Å². The van der Waals surface area contributed by atoms with Crippen molar-refractivity contribution in [2.75, 3.05) is 0 Å². The van der Waals surface area contributed by atoms with Gasteiger partial charge in [0.25, 0.3) is 0 Å². The first-order valence-corrected chi connectivity index (χ1v) is 18.8. The molecule has 6 aliphatic carbocycles. The number of hydrogen-bond acceptors (Lipinski definition) is 0. The van der Waals surface area contributed by atoms with Crippen molar-refractivity contribution < 1.29 is 0 Å². The quantitative estimate of drug-likeness (QED) is 0.288. The molecule has 0 aliphatic heterocycles. The highest BCUT2D eigenvalue weighted by Crippen LogP contribution is 2.47. The maximum atomic E-state index is 2.47. The molecule has 0 N–H and O–H groups in total. The van der Waals surface area contributed by atoms with Gasteiger partial charge < -0.3 is 0 Å². The summed E-state index contributed by atoms with van der Waals surface area (Å²) < 4.78 is 0. The lowest BCUT2D eigenvalue weighted by molar-refractivity contribution is 0.161. The molecule has 0 aromatic rings. The molecule has 0 aromatic heterocycles. The van der Waals surface area contributed by atoms with Gasteiger partial charge in [-0.3, -0.25) is 0 Å². The zero-order chi connectivity index (χ0) is 27.2. The van der Waals surface area contributed by atoms with Gasteiger partial charge in [0, 0.05) is 0 Å². The maximum Gasteiger partial charge on any atom is -0.0280 e. The molecule has 6 aliphatic rings. The highest BCUT2D eigenvalue weighted by atomic mass is 14.4. The predicted molar refractivity (Wildman–Crippen MR) is 174 cm³/mol. The first-order chi connectivity index (χ1) is 19.7. The van der Waals surface area contributed by atoms with E-state index in [0.29, 0.717) is 0 Å². The second-order valence-corrected chi connectivity index (χ2v) is 16.0. The second-order valence-electron chi connectivity index (χ2n) is 16.0. The molecule has 0 heteroatoms. The van der Waals surface area contributed by atoms with E-state index in [-0.39, 0.29) is 0 Å². The van der Waals surface area contributed by atoms with Crippen LogP contribution in [0.2, 0.25) is 0 Å². The van der Waals surface area contributed by atoms with Crippen molar-refractivity contribution in [2.45, 2.75) is 193 Å². The lowest BCUT2D eigenvalue weighted by atomic mass is 9.68. The van der Waals surface area contributed by atoms with Crippen molar-refractivity contribution in [1.82, 2.24) is 0 Å². The standard InChI is InChI=1S/C40H64/c1-31-11-13-33(14-12-31)35-19-21-37(22-20-35)39-25-23-38(24-26-39)36-17-15-34(16-18-36)32-9-7-29-40(30-8-10-32)27-5-3-2-4-6-28-40/h31,33,35H,2-30H2,1H3. The van der Waals surface area contributed by atoms with Gasteiger partial charge in [-0.05, 0) is 164 Å². The van der Waals surface area contributed by atoms with E-state index in [4.69, 9.17) is 0 Å². The second kappa shape index (κ2) is 14.1. The normalized spacial score (nSPS) is 33.4. The highest BCUT2D eigenvalue weighted by molar-refractivity contribution is 5.30. The summed E-state index contributed by atoms with van der Waals surface area (Å²) in [4.78, 5) is 0. The smallest absolute Gasteiger partial charge is 0.0280 e. The van der Waals surface area contributed by atoms with Crippen LogP contribution in [-0.4, -0.2) is 0 Å². The molecule has 1 spiro atoms. The molecule has 0 nitrogen and oxygen atoms in total. The predicted octanol–water partition coefficient (Wildman–Crippen LogP) is 13.1. The van der Waals surface area contributed by atoms with Crippen molar-refractivity contribution in [3.8, 4) is 0 Å². The third kappa shape index (κ3) is 7.40. The van der Waals surface area contributed by atoms with Crippen LogP contribution in [0.15, 0.2) is 33.4 Å². The number of rotatable bonds is 1. The van der Waals surface area contributed by atoms with Crippen molar-refractivity contribution in [2.24, 2.45) is 23.2 Å². The Morgan fingerprint density at radius 3 is 1.18 bits per heavy atom. The van der Waals surface area contributed by atoms with E-state index in [9.17, 15) is 0 Å². The van der Waals surface area contributed by atoms with E-state index in [0.717, 1.165) is 23.2 Å². The van der Waals surface area contributed by atoms with Crippen LogP contribution in [0.4, 0.5) is 0 Å². The molecule has 224 valence electrons. The summed E-state index contributed by atoms with van der Waals surface area (Å²) in [6.07, 6.45) is 42.9. The van der Waals surface area contributed by atoms with Crippen LogP contribution in [0, 0.1) is 23.2 Å². The Kier molecular flexibility index (Phi) is 10.3. The molecule has 0 atom stereocenters. The number of allylic oxidation sites excluding steroid dienone is 6. The molecule has 6 fully saturated rings. The minimum Gasteiger partial charge on any atom is -0.0710 e. The van der Waals surface area contributed by atoms with E-state index in [1.54, 1.807) is 12.8 Å². The van der Waals surface area contributed by atoms with Crippen LogP contribution in [0.25, 0.3) is 0 Å². The van der Waals surface area contributed by atoms with Crippen molar-refractivity contribution in [3.63, 3.8) is 0 Å². The van der Waals surface area contributed by atoms with E-state index in [1.165, 1.54) is 173 Å². The molecule has 40 heavy (non-hydrogen) atoms. The summed E-state index contributed by atoms with van der Waals surface area (Å²) in [7, 11) is 0. The van der Waals surface area contributed by atoms with Crippen LogP contribution >= 0.6 is 0 Å². The van der Waals surface area contributed by atoms with E-state index in [1.807, 2.05) is 33.4 Å². The zero-order valence-corrected chi connectivity index (χ0v) is 26.7. The average molecular weight is 545 g/mol. The van der Waals surface area contributed by atoms with Gasteiger partial charge >= 0.3 is 0 Å². The fourth-order valence-electron chi connectivity index (χ4n) is 10.8. The lowest BCUT2D eigenvalue weighted by Crippen LogP contribution is -2.24. The van der Waals surface area contributed by atoms with Gasteiger partial charge in [-0.2, -0.15) is 0 Å². The molecule has 0 unspecified atom stereocenters. The summed E-state index contributed by atoms with van der Waals surface area (Å²) in [6, 6.07) is 0. The largest absolute Gasteiger partial charge is 0.0710 e. The minimum atomic E-state index is 0.740. The molecule has 0 bridgehead atoms. The topological polar surface area (TPSA) is 0 Å². The van der Waals surface area contributed by atoms with Crippen LogP contribution in [0.3, 0.4) is 0 Å². The lowest BCUT2D eigenvalue weighted by Gasteiger charge is -2.38. The van der Waals surface area contributed by atoms with Crippen LogP contribution in [0.1, 0.15) is 193 Å². The van der Waals surface area contributed by atoms with Crippen molar-refractivity contribution in [3.05, 3.63) is 33.4 Å². The molecule has 0 saturated heterocycles. The monoisotopic (exact) mass is 545 g/mol. The fourth-order valence-corrected chi connectivity index (χ4v) is 10.8. The Bertz CT molecular complexity index is 875. The van der Waals surface area contributed by atoms with Gasteiger partial charge in [-0.1, -0.05) is 85.3 Å². The third-order valence-electron chi connectivity index (χ3n) is 13.6. The summed E-state index contributed by atoms with van der Waals surface area (Å²) >= 11 is 0. The van der Waals surface area contributed by atoms with E-state index in [2.05, 4.69) is 6.92 Å². The maximum absolute atomic E-state index is 2.47. The molecular formula is C40H64. The third-order valence-corrected chi connectivity index (χ3v) is 13.6. The van der Waals surface area contributed by atoms with Gasteiger partial charge in [0.15, 0.2) is 0 Å². The van der Waals surface area contributed by atoms with Crippen LogP contribution < -0.4 is 0 Å². The molecule has 0 aromatic carbocycles. The summed E-state index contributed by atoms with van der Waals surface area (Å²) in [5.74, 6) is 3.13. The molecule has 6 rings (SSSR count). The number of hydrogen-bond donors (Lipinski definition) is 0. The Morgan fingerprint density at radius 2 is 0.700 bits per heavy atom. The summed E-state index contributed by atoms with van der Waals surface area (Å²) in [6.45, 7) is 2.47.